The van der Waals surface area contributed by atoms with Crippen molar-refractivity contribution in [3.05, 3.63) is 0 Å². The van der Waals surface area contributed by atoms with Crippen molar-refractivity contribution in [3.8, 4) is 0 Å². The molecule has 0 radical (unpaired) electrons. The van der Waals surface area contributed by atoms with Crippen LogP contribution in [0.3, 0.4) is 0 Å². The lowest BCUT2D eigenvalue weighted by molar-refractivity contribution is -0.578. The summed E-state index contributed by atoms with van der Waals surface area (Å²) >= 11 is 0. The van der Waals surface area contributed by atoms with E-state index in [0.717, 1.165) is 42.9 Å². The van der Waals surface area contributed by atoms with Gasteiger partial charge in [0.1, 0.15) is 0 Å². The Morgan fingerprint density at radius 3 is 2.30 bits per heavy atom. The first kappa shape index (κ1) is 19.3. The van der Waals surface area contributed by atoms with Gasteiger partial charge < -0.3 is 14.2 Å². The summed E-state index contributed by atoms with van der Waals surface area (Å²) in [6, 6.07) is 0. The monoisotopic (exact) mass is 418 g/mol. The van der Waals surface area contributed by atoms with Crippen LogP contribution in [0.15, 0.2) is 0 Å². The quantitative estimate of drug-likeness (QED) is 0.588. The van der Waals surface area contributed by atoms with Gasteiger partial charge in [-0.3, -0.25) is 0 Å². The van der Waals surface area contributed by atoms with Crippen molar-refractivity contribution < 1.29 is 24.0 Å². The minimum Gasteiger partial charge on any atom is -0.348 e. The minimum atomic E-state index is -0.703. The summed E-state index contributed by atoms with van der Waals surface area (Å²) in [5.74, 6) is 4.41. The van der Waals surface area contributed by atoms with E-state index in [-0.39, 0.29) is 12.6 Å². The highest BCUT2D eigenvalue weighted by molar-refractivity contribution is 5.09. The van der Waals surface area contributed by atoms with E-state index in [1.54, 1.807) is 0 Å². The molecule has 1 spiro atoms. The van der Waals surface area contributed by atoms with Gasteiger partial charge >= 0.3 is 0 Å². The number of hydrogen-bond donors (Lipinski definition) is 0. The third kappa shape index (κ3) is 2.53. The van der Waals surface area contributed by atoms with E-state index in [1.165, 1.54) is 38.5 Å². The molecule has 9 aliphatic rings. The highest BCUT2D eigenvalue weighted by Crippen LogP contribution is 2.61. The van der Waals surface area contributed by atoms with Crippen LogP contribution in [0.5, 0.6) is 0 Å². The van der Waals surface area contributed by atoms with Crippen LogP contribution >= 0.6 is 0 Å². The zero-order chi connectivity index (χ0) is 20.3. The number of rotatable bonds is 2. The highest BCUT2D eigenvalue weighted by Gasteiger charge is 2.69. The fraction of sp³-hybridized carbons (Fsp3) is 1.00. The molecule has 0 amide bonds. The van der Waals surface area contributed by atoms with Crippen molar-refractivity contribution in [3.63, 3.8) is 0 Å². The second-order valence-electron chi connectivity index (χ2n) is 12.3. The molecule has 0 aromatic heterocycles. The molecule has 9 fully saturated rings. The van der Waals surface area contributed by atoms with Crippen LogP contribution in [-0.2, 0) is 24.0 Å². The van der Waals surface area contributed by atoms with Gasteiger partial charge in [-0.25, -0.2) is 9.78 Å². The molecule has 5 saturated carbocycles. The molecule has 8 atom stereocenters. The van der Waals surface area contributed by atoms with Gasteiger partial charge in [0, 0.05) is 18.3 Å². The zero-order valence-electron chi connectivity index (χ0n) is 18.8. The second kappa shape index (κ2) is 6.44. The van der Waals surface area contributed by atoms with Gasteiger partial charge in [-0.05, 0) is 93.8 Å². The summed E-state index contributed by atoms with van der Waals surface area (Å²) in [4.78, 5) is 12.2. The predicted molar refractivity (Wildman–Crippen MR) is 109 cm³/mol. The fourth-order valence-electron chi connectivity index (χ4n) is 9.28. The topological polar surface area (TPSA) is 46.2 Å². The number of ether oxygens (including phenoxy) is 3. The smallest absolute Gasteiger partial charge is 0.201 e. The molecular weight excluding hydrogens is 380 g/mol. The molecule has 4 heterocycles. The zero-order valence-corrected chi connectivity index (χ0v) is 18.8. The molecule has 30 heavy (non-hydrogen) atoms. The van der Waals surface area contributed by atoms with Crippen LogP contribution < -0.4 is 0 Å². The molecule has 4 saturated heterocycles. The predicted octanol–water partition coefficient (Wildman–Crippen LogP) is 5.04. The van der Waals surface area contributed by atoms with Crippen molar-refractivity contribution in [1.82, 2.24) is 0 Å². The number of hydrogen-bond acceptors (Lipinski definition) is 5. The average molecular weight is 419 g/mol. The maximum Gasteiger partial charge on any atom is 0.201 e. The highest BCUT2D eigenvalue weighted by atomic mass is 17.3. The molecule has 0 aromatic carbocycles. The third-order valence-corrected chi connectivity index (χ3v) is 10.5. The summed E-state index contributed by atoms with van der Waals surface area (Å²) in [5.41, 5.74) is -0.475. The SMILES string of the molecule is C[C@@H]1CC[C@H]2[C@@H](C)C(OC3C4CC5CC(C4)CC3C5)O[C@@H]3O[C@@]4(C)CC[C@@H]1[C@]32OO4. The molecule has 4 aliphatic heterocycles. The number of fused-ring (bicyclic) bond motifs is 2. The van der Waals surface area contributed by atoms with E-state index < -0.39 is 11.4 Å². The summed E-state index contributed by atoms with van der Waals surface area (Å²) < 4.78 is 20.2. The first-order chi connectivity index (χ1) is 14.5. The summed E-state index contributed by atoms with van der Waals surface area (Å²) in [6.45, 7) is 6.70. The minimum absolute atomic E-state index is 0.186. The maximum atomic E-state index is 6.93. The molecular formula is C25H38O5. The summed E-state index contributed by atoms with van der Waals surface area (Å²) in [6.07, 6.45) is 11.1. The Hall–Kier alpha value is -0.200. The lowest BCUT2D eigenvalue weighted by Gasteiger charge is -2.61. The lowest BCUT2D eigenvalue weighted by atomic mass is 9.55. The van der Waals surface area contributed by atoms with Gasteiger partial charge in [-0.1, -0.05) is 13.8 Å². The Morgan fingerprint density at radius 2 is 1.57 bits per heavy atom. The average Bonchev–Trinajstić information content (AvgIpc) is 2.94. The molecule has 5 aliphatic carbocycles. The largest absolute Gasteiger partial charge is 0.348 e. The van der Waals surface area contributed by atoms with Gasteiger partial charge in [0.25, 0.3) is 0 Å². The Morgan fingerprint density at radius 1 is 0.833 bits per heavy atom. The Labute approximate surface area is 180 Å². The molecule has 168 valence electrons. The van der Waals surface area contributed by atoms with Crippen molar-refractivity contribution in [2.75, 3.05) is 0 Å². The Balaban J connectivity index is 1.19. The van der Waals surface area contributed by atoms with Gasteiger partial charge in [0.15, 0.2) is 18.2 Å². The van der Waals surface area contributed by atoms with Crippen LogP contribution in [-0.4, -0.2) is 30.1 Å². The molecule has 5 nitrogen and oxygen atoms in total. The Bertz CT molecular complexity index is 684. The van der Waals surface area contributed by atoms with Gasteiger partial charge in [0.2, 0.25) is 5.79 Å². The molecule has 1 unspecified atom stereocenters. The standard InChI is InChI=1S/C25H38O5/c1-13-4-5-20-14(2)22(26-21-17-9-15-8-16(11-17)12-18(21)10-15)27-23-25(20)19(13)6-7-24(3,28-23)29-30-25/h13-23H,4-12H2,1-3H3/t13-,14-,15?,16?,17?,18?,19+,20+,21?,22?,23-,24-,25-/m1/s1. The van der Waals surface area contributed by atoms with E-state index in [2.05, 4.69) is 13.8 Å². The molecule has 0 aromatic rings. The van der Waals surface area contributed by atoms with Crippen molar-refractivity contribution >= 4 is 0 Å². The van der Waals surface area contributed by atoms with Crippen molar-refractivity contribution in [1.29, 1.82) is 0 Å². The third-order valence-electron chi connectivity index (χ3n) is 10.5. The van der Waals surface area contributed by atoms with E-state index in [9.17, 15) is 0 Å². The van der Waals surface area contributed by atoms with Crippen LogP contribution in [0.1, 0.15) is 78.6 Å². The van der Waals surface area contributed by atoms with E-state index in [0.29, 0.717) is 29.8 Å². The summed E-state index contributed by atoms with van der Waals surface area (Å²) in [7, 11) is 0. The van der Waals surface area contributed by atoms with E-state index in [4.69, 9.17) is 24.0 Å². The van der Waals surface area contributed by atoms with Gasteiger partial charge in [-0.15, -0.1) is 0 Å². The molecule has 0 N–H and O–H groups in total. The molecule has 9 rings (SSSR count). The summed E-state index contributed by atoms with van der Waals surface area (Å²) in [5, 5.41) is 0. The van der Waals surface area contributed by atoms with E-state index in [1.807, 2.05) is 6.92 Å². The molecule has 6 bridgehead atoms. The van der Waals surface area contributed by atoms with Crippen LogP contribution in [0.2, 0.25) is 0 Å². The Kier molecular flexibility index (Phi) is 4.14. The van der Waals surface area contributed by atoms with Crippen LogP contribution in [0.4, 0.5) is 0 Å². The van der Waals surface area contributed by atoms with E-state index >= 15 is 0 Å². The second-order valence-corrected chi connectivity index (χ2v) is 12.3. The molecule has 5 heteroatoms. The first-order valence-corrected chi connectivity index (χ1v) is 12.8. The van der Waals surface area contributed by atoms with Gasteiger partial charge in [0.05, 0.1) is 6.10 Å². The lowest BCUT2D eigenvalue weighted by Crippen LogP contribution is -2.71. The van der Waals surface area contributed by atoms with Crippen LogP contribution in [0.25, 0.3) is 0 Å². The van der Waals surface area contributed by atoms with Crippen molar-refractivity contribution in [2.24, 2.45) is 47.3 Å². The normalized spacial score (nSPS) is 63.5. The fourth-order valence-corrected chi connectivity index (χ4v) is 9.28. The van der Waals surface area contributed by atoms with Crippen LogP contribution in [0, 0.1) is 47.3 Å². The first-order valence-electron chi connectivity index (χ1n) is 12.8. The van der Waals surface area contributed by atoms with Gasteiger partial charge in [-0.2, -0.15) is 0 Å². The van der Waals surface area contributed by atoms with Crippen molar-refractivity contribution in [2.45, 2.75) is 109 Å². The maximum absolute atomic E-state index is 6.93.